The molecule has 1 fully saturated rings. The Morgan fingerprint density at radius 2 is 1.93 bits per heavy atom. The smallest absolute Gasteiger partial charge is 0.311 e. The van der Waals surface area contributed by atoms with Crippen LogP contribution in [0.1, 0.15) is 12.8 Å². The molecule has 0 aromatic heterocycles. The van der Waals surface area contributed by atoms with E-state index < -0.39 is 17.7 Å². The molecule has 14 heavy (non-hydrogen) atoms. The summed E-state index contributed by atoms with van der Waals surface area (Å²) >= 11 is 0. The number of carbonyl (C=O) groups is 2. The summed E-state index contributed by atoms with van der Waals surface area (Å²) in [4.78, 5) is 21.8. The summed E-state index contributed by atoms with van der Waals surface area (Å²) in [6, 6.07) is 0. The fraction of sp³-hybridized carbons (Fsp3) is 0.750. The summed E-state index contributed by atoms with van der Waals surface area (Å²) in [5.74, 6) is -2.28. The van der Waals surface area contributed by atoms with Crippen molar-refractivity contribution in [3.63, 3.8) is 0 Å². The molecule has 80 valence electrons. The molecule has 0 saturated carbocycles. The second kappa shape index (κ2) is 4.39. The lowest BCUT2D eigenvalue weighted by Gasteiger charge is -2.24. The minimum absolute atomic E-state index is 0.119. The third kappa shape index (κ3) is 2.68. The van der Waals surface area contributed by atoms with Gasteiger partial charge in [-0.2, -0.15) is 0 Å². The Balaban J connectivity index is 2.61. The molecule has 0 atom stereocenters. The zero-order chi connectivity index (χ0) is 10.6. The summed E-state index contributed by atoms with van der Waals surface area (Å²) in [6.45, 7) is 0.703. The highest BCUT2D eigenvalue weighted by Gasteiger charge is 2.40. The van der Waals surface area contributed by atoms with Crippen LogP contribution in [0.5, 0.6) is 0 Å². The average Bonchev–Trinajstić information content (AvgIpc) is 2.51. The van der Waals surface area contributed by atoms with E-state index in [1.165, 1.54) is 7.11 Å². The van der Waals surface area contributed by atoms with Gasteiger partial charge in [-0.25, -0.2) is 0 Å². The van der Waals surface area contributed by atoms with Crippen molar-refractivity contribution in [2.45, 2.75) is 18.6 Å². The van der Waals surface area contributed by atoms with Crippen LogP contribution in [0.15, 0.2) is 0 Å². The number of esters is 1. The number of carbonyl (C=O) groups excluding carboxylic acids is 2. The molecule has 2 N–H and O–H groups in total. The molecule has 6 nitrogen and oxygen atoms in total. The first kappa shape index (κ1) is 10.9. The van der Waals surface area contributed by atoms with Crippen molar-refractivity contribution in [3.05, 3.63) is 0 Å². The third-order valence-corrected chi connectivity index (χ3v) is 1.90. The molecule has 6 heteroatoms. The van der Waals surface area contributed by atoms with E-state index in [4.69, 9.17) is 15.2 Å². The van der Waals surface area contributed by atoms with Gasteiger partial charge in [-0.05, 0) is 0 Å². The van der Waals surface area contributed by atoms with Crippen LogP contribution < -0.4 is 5.73 Å². The van der Waals surface area contributed by atoms with Crippen molar-refractivity contribution in [3.8, 4) is 0 Å². The molecule has 0 radical (unpaired) electrons. The molecule has 1 amide bonds. The number of ether oxygens (including phenoxy) is 3. The van der Waals surface area contributed by atoms with Crippen LogP contribution in [0.4, 0.5) is 0 Å². The Bertz CT molecular complexity index is 234. The zero-order valence-corrected chi connectivity index (χ0v) is 7.95. The van der Waals surface area contributed by atoms with Crippen molar-refractivity contribution >= 4 is 11.9 Å². The van der Waals surface area contributed by atoms with E-state index in [1.807, 2.05) is 0 Å². The van der Waals surface area contributed by atoms with Crippen LogP contribution in [-0.2, 0) is 23.8 Å². The summed E-state index contributed by atoms with van der Waals surface area (Å²) in [5.41, 5.74) is 5.02. The number of nitrogens with two attached hydrogens (primary N) is 1. The van der Waals surface area contributed by atoms with Crippen LogP contribution in [0.2, 0.25) is 0 Å². The second-order valence-corrected chi connectivity index (χ2v) is 3.00. The molecule has 1 heterocycles. The second-order valence-electron chi connectivity index (χ2n) is 3.00. The summed E-state index contributed by atoms with van der Waals surface area (Å²) in [6.07, 6.45) is -0.255. The summed E-state index contributed by atoms with van der Waals surface area (Å²) < 4.78 is 14.9. The lowest BCUT2D eigenvalue weighted by atomic mass is 10.1. The first-order chi connectivity index (χ1) is 6.58. The van der Waals surface area contributed by atoms with Crippen LogP contribution in [0.3, 0.4) is 0 Å². The Kier molecular flexibility index (Phi) is 3.43. The van der Waals surface area contributed by atoms with Gasteiger partial charge in [0.05, 0.1) is 26.7 Å². The zero-order valence-electron chi connectivity index (χ0n) is 7.95. The fourth-order valence-corrected chi connectivity index (χ4v) is 1.32. The van der Waals surface area contributed by atoms with Crippen molar-refractivity contribution in [2.24, 2.45) is 5.73 Å². The molecule has 0 unspecified atom stereocenters. The van der Waals surface area contributed by atoms with Crippen LogP contribution in [-0.4, -0.2) is 38.0 Å². The highest BCUT2D eigenvalue weighted by atomic mass is 16.7. The highest BCUT2D eigenvalue weighted by molar-refractivity contribution is 5.77. The van der Waals surface area contributed by atoms with Gasteiger partial charge in [-0.15, -0.1) is 0 Å². The van der Waals surface area contributed by atoms with Crippen molar-refractivity contribution in [1.29, 1.82) is 0 Å². The van der Waals surface area contributed by atoms with Gasteiger partial charge < -0.3 is 19.9 Å². The molecule has 1 rings (SSSR count). The van der Waals surface area contributed by atoms with Crippen LogP contribution in [0, 0.1) is 0 Å². The van der Waals surface area contributed by atoms with Gasteiger partial charge in [0, 0.05) is 0 Å². The SMILES string of the molecule is COC(=O)CC1(CC(N)=O)OCCO1. The van der Waals surface area contributed by atoms with E-state index in [1.54, 1.807) is 0 Å². The van der Waals surface area contributed by atoms with E-state index in [0.717, 1.165) is 0 Å². The van der Waals surface area contributed by atoms with E-state index >= 15 is 0 Å². The van der Waals surface area contributed by atoms with Crippen LogP contribution in [0.25, 0.3) is 0 Å². The molecule has 0 spiro atoms. The Hall–Kier alpha value is -1.14. The maximum absolute atomic E-state index is 11.0. The predicted octanol–water partition coefficient (Wildman–Crippen LogP) is -0.832. The first-order valence-corrected chi connectivity index (χ1v) is 4.21. The third-order valence-electron chi connectivity index (χ3n) is 1.90. The van der Waals surface area contributed by atoms with Gasteiger partial charge in [0.1, 0.15) is 6.42 Å². The molecule has 0 aliphatic carbocycles. The van der Waals surface area contributed by atoms with Gasteiger partial charge in [0.2, 0.25) is 5.91 Å². The monoisotopic (exact) mass is 203 g/mol. The number of hydrogen-bond acceptors (Lipinski definition) is 5. The van der Waals surface area contributed by atoms with Crippen molar-refractivity contribution < 1.29 is 23.8 Å². The maximum Gasteiger partial charge on any atom is 0.311 e. The van der Waals surface area contributed by atoms with Gasteiger partial charge >= 0.3 is 5.97 Å². The van der Waals surface area contributed by atoms with Gasteiger partial charge in [-0.3, -0.25) is 9.59 Å². The maximum atomic E-state index is 11.0. The molecule has 1 aliphatic heterocycles. The lowest BCUT2D eigenvalue weighted by molar-refractivity contribution is -0.184. The minimum Gasteiger partial charge on any atom is -0.469 e. The first-order valence-electron chi connectivity index (χ1n) is 4.21. The molecular formula is C8H13NO5. The standard InChI is InChI=1S/C8H13NO5/c1-12-7(11)5-8(4-6(9)10)13-2-3-14-8/h2-5H2,1H3,(H2,9,10). The molecule has 0 bridgehead atoms. The Morgan fingerprint density at radius 1 is 1.36 bits per heavy atom. The minimum atomic E-state index is -1.21. The molecule has 0 aromatic rings. The topological polar surface area (TPSA) is 87.9 Å². The number of amides is 1. The number of primary amides is 1. The quantitative estimate of drug-likeness (QED) is 0.602. The lowest BCUT2D eigenvalue weighted by Crippen LogP contribution is -2.38. The molecular weight excluding hydrogens is 190 g/mol. The number of rotatable bonds is 4. The number of hydrogen-bond donors (Lipinski definition) is 1. The van der Waals surface area contributed by atoms with Gasteiger partial charge in [0.25, 0.3) is 0 Å². The molecule has 1 saturated heterocycles. The summed E-state index contributed by atoms with van der Waals surface area (Å²) in [7, 11) is 1.26. The average molecular weight is 203 g/mol. The van der Waals surface area contributed by atoms with E-state index in [9.17, 15) is 9.59 Å². The number of methoxy groups -OCH3 is 1. The van der Waals surface area contributed by atoms with E-state index in [2.05, 4.69) is 4.74 Å². The highest BCUT2D eigenvalue weighted by Crippen LogP contribution is 2.27. The van der Waals surface area contributed by atoms with Crippen molar-refractivity contribution in [2.75, 3.05) is 20.3 Å². The predicted molar refractivity (Wildman–Crippen MR) is 45.1 cm³/mol. The molecule has 1 aliphatic rings. The van der Waals surface area contributed by atoms with E-state index in [-0.39, 0.29) is 12.8 Å². The van der Waals surface area contributed by atoms with Gasteiger partial charge in [-0.1, -0.05) is 0 Å². The Labute approximate surface area is 81.3 Å². The Morgan fingerprint density at radius 3 is 2.36 bits per heavy atom. The van der Waals surface area contributed by atoms with E-state index in [0.29, 0.717) is 13.2 Å². The summed E-state index contributed by atoms with van der Waals surface area (Å²) in [5, 5.41) is 0. The van der Waals surface area contributed by atoms with Gasteiger partial charge in [0.15, 0.2) is 5.79 Å². The normalized spacial score (nSPS) is 19.2. The van der Waals surface area contributed by atoms with Crippen LogP contribution >= 0.6 is 0 Å². The van der Waals surface area contributed by atoms with Crippen molar-refractivity contribution in [1.82, 2.24) is 0 Å². The molecule has 0 aromatic carbocycles. The fourth-order valence-electron chi connectivity index (χ4n) is 1.32. The largest absolute Gasteiger partial charge is 0.469 e.